The van der Waals surface area contributed by atoms with E-state index in [2.05, 4.69) is 16.8 Å². The van der Waals surface area contributed by atoms with Crippen LogP contribution in [0.5, 0.6) is 0 Å². The maximum atomic E-state index is 9.58. The minimum atomic E-state index is -0.211. The van der Waals surface area contributed by atoms with Crippen molar-refractivity contribution in [2.45, 2.75) is 13.0 Å². The van der Waals surface area contributed by atoms with Gasteiger partial charge in [-0.1, -0.05) is 6.92 Å². The van der Waals surface area contributed by atoms with Crippen LogP contribution in [0.3, 0.4) is 0 Å². The fourth-order valence-electron chi connectivity index (χ4n) is 1.78. The van der Waals surface area contributed by atoms with Gasteiger partial charge in [0.2, 0.25) is 5.95 Å². The Morgan fingerprint density at radius 3 is 2.77 bits per heavy atom. The number of aromatic nitrogens is 2. The number of hydrogen-bond donors (Lipinski definition) is 1. The molecule has 1 saturated heterocycles. The van der Waals surface area contributed by atoms with Gasteiger partial charge in [0.1, 0.15) is 0 Å². The number of imidazole rings is 1. The minimum Gasteiger partial charge on any atom is -0.391 e. The van der Waals surface area contributed by atoms with Crippen LogP contribution in [0.4, 0.5) is 5.95 Å². The van der Waals surface area contributed by atoms with Gasteiger partial charge in [0.25, 0.3) is 0 Å². The molecule has 0 saturated carbocycles. The standard InChI is InChI=1S/C9H15N3O/c1-7-5-12(6-8(7)13)9-10-3-4-11(9)2/h3-4,7-8,13H,5-6H2,1-2H3. The Labute approximate surface area is 77.8 Å². The van der Waals surface area contributed by atoms with Gasteiger partial charge >= 0.3 is 0 Å². The third-order valence-corrected chi connectivity index (χ3v) is 2.65. The first-order valence-electron chi connectivity index (χ1n) is 4.59. The molecule has 2 atom stereocenters. The summed E-state index contributed by atoms with van der Waals surface area (Å²) >= 11 is 0. The summed E-state index contributed by atoms with van der Waals surface area (Å²) < 4.78 is 1.98. The third-order valence-electron chi connectivity index (χ3n) is 2.65. The van der Waals surface area contributed by atoms with Crippen molar-refractivity contribution in [2.75, 3.05) is 18.0 Å². The van der Waals surface area contributed by atoms with Gasteiger partial charge in [0.15, 0.2) is 0 Å². The lowest BCUT2D eigenvalue weighted by atomic mass is 10.1. The third kappa shape index (κ3) is 1.42. The second-order valence-corrected chi connectivity index (χ2v) is 3.79. The fraction of sp³-hybridized carbons (Fsp3) is 0.667. The van der Waals surface area contributed by atoms with Crippen LogP contribution >= 0.6 is 0 Å². The zero-order chi connectivity index (χ0) is 9.42. The minimum absolute atomic E-state index is 0.211. The van der Waals surface area contributed by atoms with Crippen molar-refractivity contribution in [3.8, 4) is 0 Å². The van der Waals surface area contributed by atoms with Gasteiger partial charge in [-0.25, -0.2) is 4.98 Å². The highest BCUT2D eigenvalue weighted by Crippen LogP contribution is 2.21. The smallest absolute Gasteiger partial charge is 0.205 e. The molecule has 2 heterocycles. The molecule has 1 aromatic heterocycles. The Morgan fingerprint density at radius 1 is 1.54 bits per heavy atom. The zero-order valence-corrected chi connectivity index (χ0v) is 8.01. The van der Waals surface area contributed by atoms with Crippen molar-refractivity contribution in [2.24, 2.45) is 13.0 Å². The Balaban J connectivity index is 2.16. The molecule has 4 heteroatoms. The summed E-state index contributed by atoms with van der Waals surface area (Å²) in [6.07, 6.45) is 3.49. The molecule has 0 aliphatic carbocycles. The van der Waals surface area contributed by atoms with Crippen LogP contribution in [-0.2, 0) is 7.05 Å². The van der Waals surface area contributed by atoms with Crippen molar-refractivity contribution in [1.29, 1.82) is 0 Å². The van der Waals surface area contributed by atoms with Gasteiger partial charge in [0, 0.05) is 38.4 Å². The number of aliphatic hydroxyl groups is 1. The molecule has 1 aliphatic heterocycles. The normalized spacial score (nSPS) is 28.4. The van der Waals surface area contributed by atoms with Crippen LogP contribution in [0.15, 0.2) is 12.4 Å². The summed E-state index contributed by atoms with van der Waals surface area (Å²) in [6.45, 7) is 3.66. The molecule has 13 heavy (non-hydrogen) atoms. The van der Waals surface area contributed by atoms with Gasteiger partial charge in [-0.05, 0) is 0 Å². The van der Waals surface area contributed by atoms with E-state index in [9.17, 15) is 5.11 Å². The maximum absolute atomic E-state index is 9.58. The average molecular weight is 181 g/mol. The van der Waals surface area contributed by atoms with Crippen LogP contribution in [0.2, 0.25) is 0 Å². The summed E-state index contributed by atoms with van der Waals surface area (Å²) in [5.74, 6) is 1.29. The molecule has 2 rings (SSSR count). The molecule has 1 fully saturated rings. The van der Waals surface area contributed by atoms with E-state index in [1.165, 1.54) is 0 Å². The van der Waals surface area contributed by atoms with E-state index in [-0.39, 0.29) is 6.10 Å². The predicted molar refractivity (Wildman–Crippen MR) is 50.6 cm³/mol. The van der Waals surface area contributed by atoms with E-state index in [4.69, 9.17) is 0 Å². The first-order valence-corrected chi connectivity index (χ1v) is 4.59. The SMILES string of the molecule is CC1CN(c2nccn2C)CC1O. The van der Waals surface area contributed by atoms with Gasteiger partial charge in [0.05, 0.1) is 6.10 Å². The van der Waals surface area contributed by atoms with Crippen molar-refractivity contribution < 1.29 is 5.11 Å². The highest BCUT2D eigenvalue weighted by atomic mass is 16.3. The number of anilines is 1. The van der Waals surface area contributed by atoms with Crippen LogP contribution in [0.25, 0.3) is 0 Å². The maximum Gasteiger partial charge on any atom is 0.205 e. The van der Waals surface area contributed by atoms with Crippen LogP contribution < -0.4 is 4.90 Å². The van der Waals surface area contributed by atoms with Gasteiger partial charge < -0.3 is 14.6 Å². The molecular formula is C9H15N3O. The molecule has 4 nitrogen and oxygen atoms in total. The molecule has 0 amide bonds. The van der Waals surface area contributed by atoms with E-state index < -0.39 is 0 Å². The molecule has 0 spiro atoms. The molecule has 2 unspecified atom stereocenters. The molecule has 1 aliphatic rings. The van der Waals surface area contributed by atoms with E-state index >= 15 is 0 Å². The van der Waals surface area contributed by atoms with Gasteiger partial charge in [-0.3, -0.25) is 0 Å². The fourth-order valence-corrected chi connectivity index (χ4v) is 1.78. The Kier molecular flexibility index (Phi) is 2.00. The van der Waals surface area contributed by atoms with Crippen molar-refractivity contribution in [3.05, 3.63) is 12.4 Å². The predicted octanol–water partition coefficient (Wildman–Crippen LogP) is 0.237. The molecular weight excluding hydrogens is 166 g/mol. The zero-order valence-electron chi connectivity index (χ0n) is 8.01. The van der Waals surface area contributed by atoms with Crippen LogP contribution in [-0.4, -0.2) is 33.9 Å². The molecule has 1 aromatic rings. The van der Waals surface area contributed by atoms with Crippen molar-refractivity contribution in [1.82, 2.24) is 9.55 Å². The topological polar surface area (TPSA) is 41.3 Å². The highest BCUT2D eigenvalue weighted by molar-refractivity contribution is 5.33. The lowest BCUT2D eigenvalue weighted by molar-refractivity contribution is 0.157. The number of β-amino-alcohol motifs (C(OH)–C–C–N with tert-alkyl or cyclic N) is 1. The first-order chi connectivity index (χ1) is 6.18. The molecule has 72 valence electrons. The summed E-state index contributed by atoms with van der Waals surface area (Å²) in [5, 5.41) is 9.58. The number of rotatable bonds is 1. The molecule has 0 aromatic carbocycles. The van der Waals surface area contributed by atoms with Crippen molar-refractivity contribution in [3.63, 3.8) is 0 Å². The highest BCUT2D eigenvalue weighted by Gasteiger charge is 2.29. The van der Waals surface area contributed by atoms with E-state index in [1.807, 2.05) is 17.8 Å². The second-order valence-electron chi connectivity index (χ2n) is 3.79. The van der Waals surface area contributed by atoms with E-state index in [1.54, 1.807) is 6.20 Å². The van der Waals surface area contributed by atoms with Gasteiger partial charge in [-0.15, -0.1) is 0 Å². The number of nitrogens with zero attached hydrogens (tertiary/aromatic N) is 3. The van der Waals surface area contributed by atoms with Crippen LogP contribution in [0.1, 0.15) is 6.92 Å². The van der Waals surface area contributed by atoms with Crippen LogP contribution in [0, 0.1) is 5.92 Å². The molecule has 0 bridgehead atoms. The lowest BCUT2D eigenvalue weighted by Crippen LogP contribution is -2.23. The Morgan fingerprint density at radius 2 is 2.31 bits per heavy atom. The molecule has 0 radical (unpaired) electrons. The van der Waals surface area contributed by atoms with E-state index in [0.29, 0.717) is 12.5 Å². The largest absolute Gasteiger partial charge is 0.391 e. The summed E-state index contributed by atoms with van der Waals surface area (Å²) in [4.78, 5) is 6.36. The Bertz CT molecular complexity index is 287. The molecule has 1 N–H and O–H groups in total. The second kappa shape index (κ2) is 3.03. The summed E-state index contributed by atoms with van der Waals surface area (Å²) in [7, 11) is 1.97. The summed E-state index contributed by atoms with van der Waals surface area (Å²) in [6, 6.07) is 0. The van der Waals surface area contributed by atoms with Gasteiger partial charge in [-0.2, -0.15) is 0 Å². The van der Waals surface area contributed by atoms with Crippen molar-refractivity contribution >= 4 is 5.95 Å². The number of hydrogen-bond acceptors (Lipinski definition) is 3. The number of aryl methyl sites for hydroxylation is 1. The number of aliphatic hydroxyl groups excluding tert-OH is 1. The lowest BCUT2D eigenvalue weighted by Gasteiger charge is -2.16. The van der Waals surface area contributed by atoms with E-state index in [0.717, 1.165) is 12.5 Å². The summed E-state index contributed by atoms with van der Waals surface area (Å²) in [5.41, 5.74) is 0. The quantitative estimate of drug-likeness (QED) is 0.674. The first kappa shape index (κ1) is 8.56. The average Bonchev–Trinajstić information content (AvgIpc) is 2.60. The monoisotopic (exact) mass is 181 g/mol. The Hall–Kier alpha value is -1.03.